The molecule has 1 saturated carbocycles. The van der Waals surface area contributed by atoms with Gasteiger partial charge in [0.25, 0.3) is 0 Å². The Balaban J connectivity index is 1.51. The standard InChI is InChI=1S/C27H41N5O4/c1-4-32(5-2)18-19-35-23-13-9-8-12-22(23)20-28-24(34)14-15-25-29-26(31-36-25)27(30-21(3)33)16-10-6-7-11-17-27/h8-9,12-13H,4-7,10-11,14-20H2,1-3H3,(H,28,34)(H,30,33). The number of nitrogens with one attached hydrogen (secondary N) is 2. The number of hydrogen-bond acceptors (Lipinski definition) is 7. The lowest BCUT2D eigenvalue weighted by Gasteiger charge is -2.30. The number of ether oxygens (including phenoxy) is 1. The summed E-state index contributed by atoms with van der Waals surface area (Å²) in [5.74, 6) is 1.52. The molecule has 0 aliphatic heterocycles. The summed E-state index contributed by atoms with van der Waals surface area (Å²) in [6.07, 6.45) is 6.45. The topological polar surface area (TPSA) is 110 Å². The van der Waals surface area contributed by atoms with Gasteiger partial charge in [0.1, 0.15) is 17.9 Å². The van der Waals surface area contributed by atoms with Gasteiger partial charge in [0.05, 0.1) is 0 Å². The summed E-state index contributed by atoms with van der Waals surface area (Å²) in [5, 5.41) is 10.2. The minimum atomic E-state index is -0.582. The summed E-state index contributed by atoms with van der Waals surface area (Å²) < 4.78 is 11.4. The Hall–Kier alpha value is -2.94. The van der Waals surface area contributed by atoms with Crippen LogP contribution in [0.2, 0.25) is 0 Å². The highest BCUT2D eigenvalue weighted by molar-refractivity contribution is 5.76. The van der Waals surface area contributed by atoms with Gasteiger partial charge in [0.2, 0.25) is 17.7 Å². The van der Waals surface area contributed by atoms with Gasteiger partial charge in [-0.15, -0.1) is 0 Å². The zero-order valence-corrected chi connectivity index (χ0v) is 22.0. The van der Waals surface area contributed by atoms with Gasteiger partial charge in [-0.3, -0.25) is 9.59 Å². The van der Waals surface area contributed by atoms with E-state index in [9.17, 15) is 9.59 Å². The van der Waals surface area contributed by atoms with E-state index < -0.39 is 5.54 Å². The van der Waals surface area contributed by atoms with Gasteiger partial charge in [-0.25, -0.2) is 0 Å². The average molecular weight is 500 g/mol. The number of nitrogens with zero attached hydrogens (tertiary/aromatic N) is 3. The Morgan fingerprint density at radius 1 is 1.11 bits per heavy atom. The number of aryl methyl sites for hydroxylation is 1. The first-order valence-corrected chi connectivity index (χ1v) is 13.3. The van der Waals surface area contributed by atoms with Crippen molar-refractivity contribution in [3.63, 3.8) is 0 Å². The molecule has 0 spiro atoms. The number of rotatable bonds is 13. The van der Waals surface area contributed by atoms with Crippen LogP contribution in [0.1, 0.15) is 83.0 Å². The lowest BCUT2D eigenvalue weighted by molar-refractivity contribution is -0.122. The molecule has 0 saturated heterocycles. The molecule has 3 rings (SSSR count). The smallest absolute Gasteiger partial charge is 0.227 e. The maximum absolute atomic E-state index is 12.5. The molecule has 1 aromatic carbocycles. The summed E-state index contributed by atoms with van der Waals surface area (Å²) in [7, 11) is 0. The number of aromatic nitrogens is 2. The fraction of sp³-hybridized carbons (Fsp3) is 0.630. The molecule has 198 valence electrons. The highest BCUT2D eigenvalue weighted by Gasteiger charge is 2.38. The average Bonchev–Trinajstić information content (AvgIpc) is 3.24. The number of carbonyl (C=O) groups excluding carboxylic acids is 2. The molecule has 36 heavy (non-hydrogen) atoms. The fourth-order valence-electron chi connectivity index (χ4n) is 4.74. The van der Waals surface area contributed by atoms with Crippen LogP contribution in [0.25, 0.3) is 0 Å². The van der Waals surface area contributed by atoms with Crippen molar-refractivity contribution in [3.05, 3.63) is 41.5 Å². The van der Waals surface area contributed by atoms with Crippen LogP contribution in [0.5, 0.6) is 5.75 Å². The second kappa shape index (κ2) is 14.0. The number of likely N-dealkylation sites (N-methyl/N-ethyl adjacent to an activating group) is 1. The van der Waals surface area contributed by atoms with Crippen LogP contribution >= 0.6 is 0 Å². The van der Waals surface area contributed by atoms with Crippen molar-refractivity contribution in [1.29, 1.82) is 0 Å². The second-order valence-corrected chi connectivity index (χ2v) is 9.45. The lowest BCUT2D eigenvalue weighted by Crippen LogP contribution is -2.45. The first kappa shape index (κ1) is 27.6. The third-order valence-corrected chi connectivity index (χ3v) is 6.84. The highest BCUT2D eigenvalue weighted by Crippen LogP contribution is 2.34. The van der Waals surface area contributed by atoms with Crippen LogP contribution in [0.4, 0.5) is 0 Å². The number of para-hydroxylation sites is 1. The molecule has 2 aromatic rings. The molecular weight excluding hydrogens is 458 g/mol. The molecule has 0 bridgehead atoms. The first-order valence-electron chi connectivity index (χ1n) is 13.3. The van der Waals surface area contributed by atoms with Crippen molar-refractivity contribution >= 4 is 11.8 Å². The van der Waals surface area contributed by atoms with Crippen LogP contribution in [0, 0.1) is 0 Å². The van der Waals surface area contributed by atoms with Crippen LogP contribution in [0.3, 0.4) is 0 Å². The quantitative estimate of drug-likeness (QED) is 0.404. The monoisotopic (exact) mass is 499 g/mol. The van der Waals surface area contributed by atoms with Crippen LogP contribution in [-0.4, -0.2) is 53.1 Å². The van der Waals surface area contributed by atoms with Gasteiger partial charge in [-0.1, -0.05) is 62.9 Å². The van der Waals surface area contributed by atoms with Crippen molar-refractivity contribution in [3.8, 4) is 5.75 Å². The number of benzene rings is 1. The van der Waals surface area contributed by atoms with Crippen LogP contribution in [0.15, 0.2) is 28.8 Å². The van der Waals surface area contributed by atoms with Crippen molar-refractivity contribution in [2.75, 3.05) is 26.2 Å². The molecule has 1 fully saturated rings. The first-order chi connectivity index (χ1) is 17.5. The third kappa shape index (κ3) is 8.05. The number of carbonyl (C=O) groups is 2. The second-order valence-electron chi connectivity index (χ2n) is 9.45. The molecule has 1 aliphatic carbocycles. The molecule has 0 atom stereocenters. The molecule has 1 heterocycles. The van der Waals surface area contributed by atoms with E-state index in [1.165, 1.54) is 6.92 Å². The van der Waals surface area contributed by atoms with Gasteiger partial charge in [-0.2, -0.15) is 4.98 Å². The Morgan fingerprint density at radius 2 is 1.83 bits per heavy atom. The summed E-state index contributed by atoms with van der Waals surface area (Å²) in [5.41, 5.74) is 0.359. The van der Waals surface area contributed by atoms with Crippen molar-refractivity contribution in [2.24, 2.45) is 0 Å². The Labute approximate surface area is 214 Å². The zero-order chi connectivity index (χ0) is 25.8. The predicted octanol–water partition coefficient (Wildman–Crippen LogP) is 3.72. The fourth-order valence-corrected chi connectivity index (χ4v) is 4.74. The van der Waals surface area contributed by atoms with Crippen LogP contribution in [-0.2, 0) is 28.1 Å². The molecule has 2 N–H and O–H groups in total. The third-order valence-electron chi connectivity index (χ3n) is 6.84. The molecule has 9 heteroatoms. The maximum Gasteiger partial charge on any atom is 0.227 e. The van der Waals surface area contributed by atoms with E-state index in [0.717, 1.165) is 69.5 Å². The highest BCUT2D eigenvalue weighted by atomic mass is 16.5. The van der Waals surface area contributed by atoms with Gasteiger partial charge in [0, 0.05) is 38.4 Å². The maximum atomic E-state index is 12.5. The van der Waals surface area contributed by atoms with Gasteiger partial charge in [-0.05, 0) is 32.0 Å². The van der Waals surface area contributed by atoms with E-state index in [2.05, 4.69) is 39.5 Å². The Morgan fingerprint density at radius 3 is 2.53 bits per heavy atom. The summed E-state index contributed by atoms with van der Waals surface area (Å²) >= 11 is 0. The number of hydrogen-bond donors (Lipinski definition) is 2. The molecule has 0 radical (unpaired) electrons. The van der Waals surface area contributed by atoms with Crippen molar-refractivity contribution in [1.82, 2.24) is 25.7 Å². The summed E-state index contributed by atoms with van der Waals surface area (Å²) in [6, 6.07) is 7.78. The van der Waals surface area contributed by atoms with Gasteiger partial charge < -0.3 is 24.8 Å². The van der Waals surface area contributed by atoms with E-state index in [-0.39, 0.29) is 18.2 Å². The normalized spacial score (nSPS) is 15.3. The lowest BCUT2D eigenvalue weighted by atomic mass is 9.89. The zero-order valence-electron chi connectivity index (χ0n) is 22.0. The minimum absolute atomic E-state index is 0.0973. The summed E-state index contributed by atoms with van der Waals surface area (Å²) in [4.78, 5) is 31.3. The van der Waals surface area contributed by atoms with E-state index >= 15 is 0 Å². The molecule has 2 amide bonds. The van der Waals surface area contributed by atoms with Gasteiger partial charge in [0.15, 0.2) is 5.82 Å². The van der Waals surface area contributed by atoms with Crippen molar-refractivity contribution in [2.45, 2.75) is 84.2 Å². The SMILES string of the molecule is CCN(CC)CCOc1ccccc1CNC(=O)CCc1nc(C2(NC(C)=O)CCCCCC2)no1. The largest absolute Gasteiger partial charge is 0.492 e. The molecule has 1 aliphatic rings. The van der Waals surface area contributed by atoms with E-state index in [4.69, 9.17) is 9.26 Å². The summed E-state index contributed by atoms with van der Waals surface area (Å²) in [6.45, 7) is 9.64. The Kier molecular flexibility index (Phi) is 10.7. The molecule has 0 unspecified atom stereocenters. The molecular formula is C27H41N5O4. The van der Waals surface area contributed by atoms with E-state index in [1.54, 1.807) is 0 Å². The van der Waals surface area contributed by atoms with E-state index in [0.29, 0.717) is 31.3 Å². The van der Waals surface area contributed by atoms with E-state index in [1.807, 2.05) is 24.3 Å². The molecule has 1 aromatic heterocycles. The van der Waals surface area contributed by atoms with Crippen molar-refractivity contribution < 1.29 is 18.8 Å². The number of amides is 2. The Bertz CT molecular complexity index is 965. The van der Waals surface area contributed by atoms with Crippen LogP contribution < -0.4 is 15.4 Å². The minimum Gasteiger partial charge on any atom is -0.492 e. The predicted molar refractivity (Wildman–Crippen MR) is 137 cm³/mol. The van der Waals surface area contributed by atoms with Gasteiger partial charge >= 0.3 is 0 Å². The molecule has 9 nitrogen and oxygen atoms in total.